The summed E-state index contributed by atoms with van der Waals surface area (Å²) in [5, 5.41) is 3.14. The van der Waals surface area contributed by atoms with Crippen LogP contribution in [-0.2, 0) is 21.2 Å². The van der Waals surface area contributed by atoms with Crippen molar-refractivity contribution in [2.45, 2.75) is 31.6 Å². The number of carbonyl (C=O) groups is 1. The van der Waals surface area contributed by atoms with Crippen molar-refractivity contribution in [3.05, 3.63) is 53.3 Å². The molecule has 2 unspecified atom stereocenters. The number of rotatable bonds is 5. The van der Waals surface area contributed by atoms with Crippen molar-refractivity contribution in [2.24, 2.45) is 11.8 Å². The molecule has 1 fully saturated rings. The first kappa shape index (κ1) is 20.8. The predicted octanol–water partition coefficient (Wildman–Crippen LogP) is 3.58. The van der Waals surface area contributed by atoms with Crippen LogP contribution < -0.4 is 5.32 Å². The molecule has 1 N–H and O–H groups in total. The number of pyridine rings is 1. The Labute approximate surface area is 171 Å². The van der Waals surface area contributed by atoms with Crippen molar-refractivity contribution < 1.29 is 13.2 Å². The molecule has 0 spiro atoms. The van der Waals surface area contributed by atoms with Crippen molar-refractivity contribution in [1.29, 1.82) is 0 Å². The highest BCUT2D eigenvalue weighted by Gasteiger charge is 2.31. The van der Waals surface area contributed by atoms with Gasteiger partial charge in [-0.15, -0.1) is 0 Å². The minimum atomic E-state index is -3.53. The summed E-state index contributed by atoms with van der Waals surface area (Å²) >= 11 is 5.74. The number of anilines is 1. The molecule has 1 amide bonds. The highest BCUT2D eigenvalue weighted by Crippen LogP contribution is 2.27. The van der Waals surface area contributed by atoms with Crippen LogP contribution in [0.25, 0.3) is 0 Å². The molecule has 28 heavy (non-hydrogen) atoms. The molecule has 2 heterocycles. The molecule has 3 rings (SSSR count). The van der Waals surface area contributed by atoms with Gasteiger partial charge in [0.15, 0.2) is 0 Å². The van der Waals surface area contributed by atoms with Crippen LogP contribution in [0.5, 0.6) is 0 Å². The number of sulfonamides is 1. The molecular formula is C20H24ClN3O3S. The fourth-order valence-electron chi connectivity index (χ4n) is 3.56. The molecule has 1 aliphatic heterocycles. The first-order valence-corrected chi connectivity index (χ1v) is 11.1. The Bertz CT molecular complexity index is 920. The fourth-order valence-corrected chi connectivity index (χ4v) is 5.35. The van der Waals surface area contributed by atoms with Crippen molar-refractivity contribution in [3.8, 4) is 0 Å². The number of hydrogen-bond acceptors (Lipinski definition) is 4. The molecule has 1 aromatic heterocycles. The van der Waals surface area contributed by atoms with Gasteiger partial charge < -0.3 is 5.32 Å². The summed E-state index contributed by atoms with van der Waals surface area (Å²) in [6, 6.07) is 9.68. The summed E-state index contributed by atoms with van der Waals surface area (Å²) in [4.78, 5) is 16.4. The average molecular weight is 422 g/mol. The fraction of sp³-hybridized carbons (Fsp3) is 0.400. The zero-order valence-corrected chi connectivity index (χ0v) is 17.5. The Balaban J connectivity index is 1.65. The largest absolute Gasteiger partial charge is 0.326 e. The third kappa shape index (κ3) is 5.10. The van der Waals surface area contributed by atoms with Gasteiger partial charge in [-0.25, -0.2) is 13.4 Å². The molecule has 0 bridgehead atoms. The van der Waals surface area contributed by atoms with E-state index >= 15 is 0 Å². The zero-order chi connectivity index (χ0) is 20.3. The van der Waals surface area contributed by atoms with E-state index in [4.69, 9.17) is 11.6 Å². The molecule has 150 valence electrons. The average Bonchev–Trinajstić information content (AvgIpc) is 2.63. The molecule has 6 nitrogen and oxygen atoms in total. The lowest BCUT2D eigenvalue weighted by molar-refractivity contribution is -0.115. The van der Waals surface area contributed by atoms with E-state index in [2.05, 4.69) is 24.1 Å². The molecule has 2 aromatic rings. The van der Waals surface area contributed by atoms with Crippen molar-refractivity contribution in [2.75, 3.05) is 18.4 Å². The van der Waals surface area contributed by atoms with Gasteiger partial charge in [-0.05, 0) is 54.2 Å². The van der Waals surface area contributed by atoms with E-state index in [-0.39, 0.29) is 17.2 Å². The third-order valence-electron chi connectivity index (χ3n) is 4.76. The number of piperidine rings is 1. The van der Waals surface area contributed by atoms with Gasteiger partial charge in [0, 0.05) is 25.0 Å². The standard InChI is InChI=1S/C20H24ClN3O3S/c1-14-9-15(2)13-24(12-14)28(26,27)18-6-4-17(5-7-18)23-20(25)10-16-3-8-19(21)22-11-16/h3-8,11,14-15H,9-10,12-13H2,1-2H3,(H,23,25). The van der Waals surface area contributed by atoms with Gasteiger partial charge in [-0.1, -0.05) is 31.5 Å². The number of hydrogen-bond donors (Lipinski definition) is 1. The Morgan fingerprint density at radius 2 is 1.79 bits per heavy atom. The van der Waals surface area contributed by atoms with Crippen molar-refractivity contribution >= 4 is 33.2 Å². The summed E-state index contributed by atoms with van der Waals surface area (Å²) < 4.78 is 27.4. The monoisotopic (exact) mass is 421 g/mol. The second-order valence-electron chi connectivity index (χ2n) is 7.51. The third-order valence-corrected chi connectivity index (χ3v) is 6.83. The first-order valence-electron chi connectivity index (χ1n) is 9.24. The Hall–Kier alpha value is -1.96. The van der Waals surface area contributed by atoms with Gasteiger partial charge in [0.1, 0.15) is 5.15 Å². The smallest absolute Gasteiger partial charge is 0.243 e. The van der Waals surface area contributed by atoms with E-state index in [1.54, 1.807) is 46.9 Å². The number of carbonyl (C=O) groups excluding carboxylic acids is 1. The van der Waals surface area contributed by atoms with Gasteiger partial charge in [0.2, 0.25) is 15.9 Å². The van der Waals surface area contributed by atoms with Gasteiger partial charge in [0.05, 0.1) is 11.3 Å². The molecule has 1 aromatic carbocycles. The van der Waals surface area contributed by atoms with E-state index in [1.807, 2.05) is 0 Å². The van der Waals surface area contributed by atoms with Crippen LogP contribution in [0.2, 0.25) is 5.15 Å². The maximum absolute atomic E-state index is 12.9. The predicted molar refractivity (Wildman–Crippen MR) is 110 cm³/mol. The number of benzene rings is 1. The Kier molecular flexibility index (Phi) is 6.37. The van der Waals surface area contributed by atoms with Crippen LogP contribution >= 0.6 is 11.6 Å². The topological polar surface area (TPSA) is 79.4 Å². The SMILES string of the molecule is CC1CC(C)CN(S(=O)(=O)c2ccc(NC(=O)Cc3ccc(Cl)nc3)cc2)C1. The molecule has 1 aliphatic rings. The van der Waals surface area contributed by atoms with Gasteiger partial charge in [-0.3, -0.25) is 4.79 Å². The Morgan fingerprint density at radius 1 is 1.14 bits per heavy atom. The van der Waals surface area contributed by atoms with Crippen molar-refractivity contribution in [3.63, 3.8) is 0 Å². The quantitative estimate of drug-likeness (QED) is 0.748. The van der Waals surface area contributed by atoms with E-state index in [9.17, 15) is 13.2 Å². The summed E-state index contributed by atoms with van der Waals surface area (Å²) in [6.07, 6.45) is 2.76. The summed E-state index contributed by atoms with van der Waals surface area (Å²) in [5.41, 5.74) is 1.29. The summed E-state index contributed by atoms with van der Waals surface area (Å²) in [7, 11) is -3.53. The molecule has 1 saturated heterocycles. The molecular weight excluding hydrogens is 398 g/mol. The van der Waals surface area contributed by atoms with E-state index in [0.29, 0.717) is 35.8 Å². The van der Waals surface area contributed by atoms with Gasteiger partial charge in [0.25, 0.3) is 0 Å². The number of amides is 1. The van der Waals surface area contributed by atoms with E-state index in [1.165, 1.54) is 0 Å². The maximum Gasteiger partial charge on any atom is 0.243 e. The zero-order valence-electron chi connectivity index (χ0n) is 15.9. The summed E-state index contributed by atoms with van der Waals surface area (Å²) in [5.74, 6) is 0.484. The number of nitrogens with zero attached hydrogens (tertiary/aromatic N) is 2. The molecule has 0 aliphatic carbocycles. The first-order chi connectivity index (χ1) is 13.2. The van der Waals surface area contributed by atoms with Crippen LogP contribution in [0.1, 0.15) is 25.8 Å². The highest BCUT2D eigenvalue weighted by molar-refractivity contribution is 7.89. The normalized spacial score (nSPS) is 20.7. The van der Waals surface area contributed by atoms with Gasteiger partial charge in [-0.2, -0.15) is 4.31 Å². The number of halogens is 1. The number of nitrogens with one attached hydrogen (secondary N) is 1. The lowest BCUT2D eigenvalue weighted by atomic mass is 9.94. The molecule has 0 saturated carbocycles. The second kappa shape index (κ2) is 8.59. The van der Waals surface area contributed by atoms with Crippen LogP contribution in [0.15, 0.2) is 47.5 Å². The molecule has 0 radical (unpaired) electrons. The molecule has 2 atom stereocenters. The van der Waals surface area contributed by atoms with Crippen LogP contribution in [-0.4, -0.2) is 36.7 Å². The number of aromatic nitrogens is 1. The lowest BCUT2D eigenvalue weighted by Crippen LogP contribution is -2.42. The van der Waals surface area contributed by atoms with Crippen LogP contribution in [0.3, 0.4) is 0 Å². The van der Waals surface area contributed by atoms with Crippen LogP contribution in [0, 0.1) is 11.8 Å². The van der Waals surface area contributed by atoms with E-state index in [0.717, 1.165) is 12.0 Å². The molecule has 8 heteroatoms. The van der Waals surface area contributed by atoms with Crippen molar-refractivity contribution in [1.82, 2.24) is 9.29 Å². The lowest BCUT2D eigenvalue weighted by Gasteiger charge is -2.34. The Morgan fingerprint density at radius 3 is 2.36 bits per heavy atom. The van der Waals surface area contributed by atoms with Gasteiger partial charge >= 0.3 is 0 Å². The minimum absolute atomic E-state index is 0.160. The second-order valence-corrected chi connectivity index (χ2v) is 9.83. The minimum Gasteiger partial charge on any atom is -0.326 e. The summed E-state index contributed by atoms with van der Waals surface area (Å²) in [6.45, 7) is 5.24. The maximum atomic E-state index is 12.9. The highest BCUT2D eigenvalue weighted by atomic mass is 35.5. The van der Waals surface area contributed by atoms with E-state index < -0.39 is 10.0 Å². The van der Waals surface area contributed by atoms with Crippen LogP contribution in [0.4, 0.5) is 5.69 Å².